The summed E-state index contributed by atoms with van der Waals surface area (Å²) in [6.07, 6.45) is 19.9. The van der Waals surface area contributed by atoms with Gasteiger partial charge in [0.2, 0.25) is 0 Å². The van der Waals surface area contributed by atoms with Gasteiger partial charge in [-0.15, -0.1) is 0 Å². The van der Waals surface area contributed by atoms with Gasteiger partial charge in [0, 0.05) is 30.9 Å². The number of phenolic OH excluding ortho intramolecular Hbond substituents is 1. The number of aliphatic hydroxyl groups is 1. The number of hydrogen-bond donors (Lipinski definition) is 5. The molecular weight excluding hydrogens is 550 g/mol. The maximum Gasteiger partial charge on any atom is 0.267 e. The van der Waals surface area contributed by atoms with E-state index in [2.05, 4.69) is 10.2 Å². The molecule has 3 aliphatic carbocycles. The largest absolute Gasteiger partial charge is 0.508 e. The summed E-state index contributed by atoms with van der Waals surface area (Å²) in [4.78, 5) is 14.9. The number of nitrogens with zero attached hydrogens (tertiary/aromatic N) is 2. The summed E-state index contributed by atoms with van der Waals surface area (Å²) in [5, 5.41) is 30.3. The van der Waals surface area contributed by atoms with E-state index in [0.29, 0.717) is 16.9 Å². The van der Waals surface area contributed by atoms with Gasteiger partial charge in [0.15, 0.2) is 0 Å². The van der Waals surface area contributed by atoms with Crippen LogP contribution in [0.1, 0.15) is 95.5 Å². The van der Waals surface area contributed by atoms with E-state index in [1.165, 1.54) is 76.0 Å². The van der Waals surface area contributed by atoms with Gasteiger partial charge in [-0.05, 0) is 112 Å². The molecule has 0 unspecified atom stereocenters. The molecule has 1 amide bonds. The minimum Gasteiger partial charge on any atom is -0.508 e. The Bertz CT molecular complexity index is 1150. The van der Waals surface area contributed by atoms with Crippen LogP contribution in [0.25, 0.3) is 0 Å². The molecule has 0 radical (unpaired) electrons. The quantitative estimate of drug-likeness (QED) is 0.223. The third-order valence-corrected chi connectivity index (χ3v) is 10.1. The number of likely N-dealkylation sites (tertiary alicyclic amines) is 1. The van der Waals surface area contributed by atoms with Crippen LogP contribution in [0.4, 0.5) is 0 Å². The van der Waals surface area contributed by atoms with Crippen LogP contribution < -0.4 is 16.8 Å². The van der Waals surface area contributed by atoms with Crippen LogP contribution in [-0.4, -0.2) is 52.3 Å². The van der Waals surface area contributed by atoms with Gasteiger partial charge < -0.3 is 31.9 Å². The number of nitriles is 1. The number of nitrogens with one attached hydrogen (secondary N) is 1. The van der Waals surface area contributed by atoms with Crippen molar-refractivity contribution < 1.29 is 15.0 Å². The lowest BCUT2D eigenvalue weighted by atomic mass is 9.54. The molecule has 1 aromatic carbocycles. The minimum atomic E-state index is -0.163. The molecule has 0 bridgehead atoms. The molecule has 0 aromatic heterocycles. The normalized spacial score (nSPS) is 27.8. The number of carbonyl (C=O) groups excluding carboxylic acids is 1. The van der Waals surface area contributed by atoms with Crippen molar-refractivity contribution in [3.63, 3.8) is 0 Å². The number of rotatable bonds is 6. The Morgan fingerprint density at radius 3 is 2.36 bits per heavy atom. The average molecular weight is 598 g/mol. The van der Waals surface area contributed by atoms with Crippen LogP contribution >= 0.6 is 11.6 Å². The molecule has 1 heterocycles. The van der Waals surface area contributed by atoms with Gasteiger partial charge in [-0.3, -0.25) is 4.79 Å². The average Bonchev–Trinajstić information content (AvgIpc) is 2.97. The van der Waals surface area contributed by atoms with Gasteiger partial charge in [-0.1, -0.05) is 30.9 Å². The topological polar surface area (TPSA) is 149 Å². The Kier molecular flexibility index (Phi) is 11.6. The van der Waals surface area contributed by atoms with Crippen LogP contribution in [0.2, 0.25) is 5.02 Å². The van der Waals surface area contributed by atoms with Crippen LogP contribution in [0.5, 0.6) is 5.75 Å². The number of carbonyl (C=O) groups is 1. The van der Waals surface area contributed by atoms with Crippen LogP contribution in [0.15, 0.2) is 41.7 Å². The summed E-state index contributed by atoms with van der Waals surface area (Å²) in [7, 11) is 0. The van der Waals surface area contributed by atoms with Gasteiger partial charge >= 0.3 is 0 Å². The molecule has 1 saturated heterocycles. The van der Waals surface area contributed by atoms with Gasteiger partial charge in [0.25, 0.3) is 5.91 Å². The minimum absolute atomic E-state index is 0.0731. The van der Waals surface area contributed by atoms with Crippen molar-refractivity contribution in [1.82, 2.24) is 10.2 Å². The zero-order valence-corrected chi connectivity index (χ0v) is 25.5. The number of halogens is 1. The monoisotopic (exact) mass is 597 g/mol. The predicted octanol–water partition coefficient (Wildman–Crippen LogP) is 5.22. The van der Waals surface area contributed by atoms with Crippen molar-refractivity contribution in [1.29, 1.82) is 5.26 Å². The molecule has 8 nitrogen and oxygen atoms in total. The summed E-state index contributed by atoms with van der Waals surface area (Å²) < 4.78 is 0. The zero-order valence-electron chi connectivity index (χ0n) is 24.7. The Morgan fingerprint density at radius 1 is 1.07 bits per heavy atom. The molecule has 1 aliphatic heterocycles. The van der Waals surface area contributed by atoms with E-state index in [1.807, 2.05) is 12.1 Å². The molecule has 9 heteroatoms. The van der Waals surface area contributed by atoms with Crippen molar-refractivity contribution in [2.24, 2.45) is 22.8 Å². The number of piperidine rings is 1. The number of nitrogens with two attached hydrogens (primary N) is 2. The van der Waals surface area contributed by atoms with Crippen LogP contribution in [0, 0.1) is 22.7 Å². The highest BCUT2D eigenvalue weighted by Crippen LogP contribution is 2.56. The molecule has 7 N–H and O–H groups in total. The van der Waals surface area contributed by atoms with Crippen molar-refractivity contribution in [3.05, 3.63) is 52.3 Å². The lowest BCUT2D eigenvalue weighted by Crippen LogP contribution is -2.48. The number of hydrogen-bond acceptors (Lipinski definition) is 7. The van der Waals surface area contributed by atoms with E-state index >= 15 is 0 Å². The van der Waals surface area contributed by atoms with E-state index in [1.54, 1.807) is 6.08 Å². The molecule has 5 rings (SSSR count). The van der Waals surface area contributed by atoms with Gasteiger partial charge in [-0.2, -0.15) is 5.26 Å². The fraction of sp³-hybridized carbons (Fsp3) is 0.636. The number of allylic oxidation sites excluding steroid dienone is 3. The van der Waals surface area contributed by atoms with Crippen molar-refractivity contribution in [2.45, 2.75) is 108 Å². The first kappa shape index (κ1) is 32.2. The fourth-order valence-corrected chi connectivity index (χ4v) is 7.55. The van der Waals surface area contributed by atoms with Crippen LogP contribution in [0.3, 0.4) is 0 Å². The number of phenols is 1. The second-order valence-corrected chi connectivity index (χ2v) is 13.3. The summed E-state index contributed by atoms with van der Waals surface area (Å²) in [6, 6.07) is 7.10. The summed E-state index contributed by atoms with van der Waals surface area (Å²) in [5.74, 6) is 0.575. The highest BCUT2D eigenvalue weighted by atomic mass is 35.5. The molecule has 1 aromatic rings. The smallest absolute Gasteiger partial charge is 0.267 e. The maximum absolute atomic E-state index is 12.3. The SMILES string of the molecule is N#Cc1ccc(O)cc1Cl.N/C(=C\C=C(/N)C(=O)NC1CCCCC1)CC1CC2(CCC(N3CCC(O)CC3)CC2)C1. The molecular formula is C33H48ClN5O3. The van der Waals surface area contributed by atoms with Gasteiger partial charge in [-0.25, -0.2) is 0 Å². The first-order valence-electron chi connectivity index (χ1n) is 15.7. The second kappa shape index (κ2) is 15.1. The zero-order chi connectivity index (χ0) is 30.1. The first-order chi connectivity index (χ1) is 20.2. The van der Waals surface area contributed by atoms with Gasteiger partial charge in [0.05, 0.1) is 22.4 Å². The van der Waals surface area contributed by atoms with E-state index in [4.69, 9.17) is 33.4 Å². The van der Waals surface area contributed by atoms with Crippen molar-refractivity contribution in [2.75, 3.05) is 13.1 Å². The molecule has 0 atom stereocenters. The summed E-state index contributed by atoms with van der Waals surface area (Å²) in [6.45, 7) is 2.14. The van der Waals surface area contributed by atoms with Crippen molar-refractivity contribution in [3.8, 4) is 11.8 Å². The highest BCUT2D eigenvalue weighted by molar-refractivity contribution is 6.31. The summed E-state index contributed by atoms with van der Waals surface area (Å²) in [5.41, 5.74) is 14.3. The lowest BCUT2D eigenvalue weighted by Gasteiger charge is -2.53. The highest BCUT2D eigenvalue weighted by Gasteiger charge is 2.46. The van der Waals surface area contributed by atoms with Crippen molar-refractivity contribution >= 4 is 17.5 Å². The second-order valence-electron chi connectivity index (χ2n) is 12.9. The van der Waals surface area contributed by atoms with E-state index in [-0.39, 0.29) is 34.5 Å². The number of benzene rings is 1. The number of amides is 1. The van der Waals surface area contributed by atoms with Crippen LogP contribution in [-0.2, 0) is 4.79 Å². The third kappa shape index (κ3) is 9.13. The third-order valence-electron chi connectivity index (χ3n) is 9.75. The molecule has 4 fully saturated rings. The van der Waals surface area contributed by atoms with E-state index in [9.17, 15) is 9.90 Å². The molecule has 1 spiro atoms. The standard InChI is InChI=1S/C26H44N4O2.C7H4ClNO/c27-20(6-7-24(28)25(32)29-21-4-2-1-3-5-21)16-19-17-26(18-19)12-8-22(9-13-26)30-14-10-23(31)11-15-30;8-7-3-6(10)2-1-5(7)4-9/h6-7,19,21-23,31H,1-5,8-18,27-28H2,(H,29,32);1-3,10H/b20-6-,24-7-;. The molecule has 3 saturated carbocycles. The predicted molar refractivity (Wildman–Crippen MR) is 166 cm³/mol. The Morgan fingerprint density at radius 2 is 1.74 bits per heavy atom. The Balaban J connectivity index is 0.000000343. The van der Waals surface area contributed by atoms with E-state index < -0.39 is 0 Å². The first-order valence-corrected chi connectivity index (χ1v) is 16.1. The Hall–Kier alpha value is -2.73. The molecule has 230 valence electrons. The lowest BCUT2D eigenvalue weighted by molar-refractivity contribution is -0.118. The maximum atomic E-state index is 12.3. The number of aliphatic hydroxyl groups excluding tert-OH is 1. The molecule has 42 heavy (non-hydrogen) atoms. The van der Waals surface area contributed by atoms with E-state index in [0.717, 1.165) is 56.9 Å². The molecule has 4 aliphatic rings. The Labute approximate surface area is 255 Å². The fourth-order valence-electron chi connectivity index (χ4n) is 7.33. The summed E-state index contributed by atoms with van der Waals surface area (Å²) >= 11 is 5.55. The van der Waals surface area contributed by atoms with Gasteiger partial charge in [0.1, 0.15) is 11.8 Å². The number of aromatic hydroxyl groups is 1.